The van der Waals surface area contributed by atoms with Crippen LogP contribution >= 0.6 is 11.6 Å². The Morgan fingerprint density at radius 1 is 1.06 bits per heavy atom. The molecule has 2 aromatic rings. The summed E-state index contributed by atoms with van der Waals surface area (Å²) in [4.78, 5) is 12.0. The number of halogens is 2. The maximum atomic E-state index is 14.3. The average molecular weight is 467 g/mol. The van der Waals surface area contributed by atoms with Gasteiger partial charge in [0.05, 0.1) is 5.60 Å². The predicted molar refractivity (Wildman–Crippen MR) is 116 cm³/mol. The second kappa shape index (κ2) is 7.76. The quantitative estimate of drug-likeness (QED) is 0.629. The van der Waals surface area contributed by atoms with Gasteiger partial charge in [-0.1, -0.05) is 17.7 Å². The molecular formula is C22H24ClFN2O4S. The van der Waals surface area contributed by atoms with Gasteiger partial charge in [-0.2, -0.15) is 0 Å². The first-order valence-corrected chi connectivity index (χ1v) is 12.1. The molecule has 0 radical (unpaired) electrons. The lowest BCUT2D eigenvalue weighted by Crippen LogP contribution is -2.35. The highest BCUT2D eigenvalue weighted by atomic mass is 35.5. The van der Waals surface area contributed by atoms with E-state index < -0.39 is 32.4 Å². The minimum Gasteiger partial charge on any atom is -0.386 e. The van der Waals surface area contributed by atoms with Crippen LogP contribution in [-0.4, -0.2) is 19.6 Å². The molecule has 0 unspecified atom stereocenters. The molecule has 2 aromatic carbocycles. The van der Waals surface area contributed by atoms with Crippen LogP contribution in [0.4, 0.5) is 14.9 Å². The number of urea groups is 1. The van der Waals surface area contributed by atoms with E-state index in [1.54, 1.807) is 0 Å². The third-order valence-electron chi connectivity index (χ3n) is 5.96. The first-order chi connectivity index (χ1) is 14.5. The minimum absolute atomic E-state index is 0.211. The standard InChI is InChI=1S/C22H24ClFN2O4S/c1-22(2,28)12-9-10-17(24)18(11-12)31(29,30)26-21(27)25-20-15-7-3-5-13(15)19(23)14-6-4-8-16(14)20/h9-11,28H,3-8H2,1-2H3,(H2,25,26,27). The summed E-state index contributed by atoms with van der Waals surface area (Å²) < 4.78 is 41.7. The maximum absolute atomic E-state index is 14.3. The molecule has 0 saturated carbocycles. The Balaban J connectivity index is 1.64. The van der Waals surface area contributed by atoms with E-state index in [9.17, 15) is 22.7 Å². The zero-order chi connectivity index (χ0) is 22.6. The number of nitrogens with one attached hydrogen (secondary N) is 2. The number of carbonyl (C=O) groups is 1. The second-order valence-electron chi connectivity index (χ2n) is 8.57. The van der Waals surface area contributed by atoms with E-state index in [1.807, 2.05) is 4.72 Å². The molecule has 3 N–H and O–H groups in total. The minimum atomic E-state index is -4.50. The van der Waals surface area contributed by atoms with E-state index in [-0.39, 0.29) is 5.56 Å². The van der Waals surface area contributed by atoms with Gasteiger partial charge in [-0.05, 0) is 92.3 Å². The molecule has 2 aliphatic carbocycles. The summed E-state index contributed by atoms with van der Waals surface area (Å²) in [6.45, 7) is 2.91. The topological polar surface area (TPSA) is 95.5 Å². The van der Waals surface area contributed by atoms with Gasteiger partial charge < -0.3 is 10.4 Å². The highest BCUT2D eigenvalue weighted by molar-refractivity contribution is 7.90. The van der Waals surface area contributed by atoms with Crippen molar-refractivity contribution in [3.8, 4) is 0 Å². The molecule has 0 aliphatic heterocycles. The SMILES string of the molecule is CC(C)(O)c1ccc(F)c(S(=O)(=O)NC(=O)Nc2c3c(c(Cl)c4c2CCC4)CCC3)c1. The van der Waals surface area contributed by atoms with Gasteiger partial charge in [-0.25, -0.2) is 22.3 Å². The van der Waals surface area contributed by atoms with Crippen LogP contribution in [-0.2, 0) is 41.3 Å². The molecule has 0 heterocycles. The van der Waals surface area contributed by atoms with E-state index >= 15 is 0 Å². The zero-order valence-electron chi connectivity index (χ0n) is 17.3. The predicted octanol–water partition coefficient (Wildman–Crippen LogP) is 4.19. The van der Waals surface area contributed by atoms with Gasteiger partial charge >= 0.3 is 6.03 Å². The highest BCUT2D eigenvalue weighted by Crippen LogP contribution is 2.44. The molecule has 0 atom stereocenters. The van der Waals surface area contributed by atoms with Crippen LogP contribution in [0.5, 0.6) is 0 Å². The van der Waals surface area contributed by atoms with Gasteiger partial charge in [0.1, 0.15) is 10.7 Å². The number of hydrogen-bond acceptors (Lipinski definition) is 4. The van der Waals surface area contributed by atoms with Crippen molar-refractivity contribution in [3.63, 3.8) is 0 Å². The van der Waals surface area contributed by atoms with Crippen LogP contribution < -0.4 is 10.0 Å². The number of carbonyl (C=O) groups excluding carboxylic acids is 1. The third kappa shape index (κ3) is 4.04. The third-order valence-corrected chi connectivity index (χ3v) is 7.76. The summed E-state index contributed by atoms with van der Waals surface area (Å²) in [5.41, 5.74) is 3.41. The van der Waals surface area contributed by atoms with Gasteiger partial charge in [0.15, 0.2) is 0 Å². The Morgan fingerprint density at radius 3 is 2.16 bits per heavy atom. The van der Waals surface area contributed by atoms with Crippen LogP contribution in [0.15, 0.2) is 23.1 Å². The van der Waals surface area contributed by atoms with Crippen molar-refractivity contribution in [1.29, 1.82) is 0 Å². The molecule has 0 saturated heterocycles. The smallest absolute Gasteiger partial charge is 0.333 e. The summed E-state index contributed by atoms with van der Waals surface area (Å²) in [7, 11) is -4.50. The molecule has 9 heteroatoms. The van der Waals surface area contributed by atoms with Crippen LogP contribution in [0.1, 0.15) is 54.5 Å². The Morgan fingerprint density at radius 2 is 1.61 bits per heavy atom. The van der Waals surface area contributed by atoms with E-state index in [4.69, 9.17) is 11.6 Å². The summed E-state index contributed by atoms with van der Waals surface area (Å²) >= 11 is 6.58. The molecule has 2 aliphatic rings. The Bertz CT molecular complexity index is 1150. The second-order valence-corrected chi connectivity index (χ2v) is 10.6. The van der Waals surface area contributed by atoms with Crippen molar-refractivity contribution in [2.24, 2.45) is 0 Å². The summed E-state index contributed by atoms with van der Waals surface area (Å²) in [5, 5.41) is 13.6. The number of hydrogen-bond donors (Lipinski definition) is 3. The summed E-state index contributed by atoms with van der Waals surface area (Å²) in [6.07, 6.45) is 5.00. The molecule has 0 aromatic heterocycles. The zero-order valence-corrected chi connectivity index (χ0v) is 18.9. The number of rotatable bonds is 4. The van der Waals surface area contributed by atoms with Gasteiger partial charge in [0.25, 0.3) is 10.0 Å². The monoisotopic (exact) mass is 466 g/mol. The first-order valence-electron chi connectivity index (χ1n) is 10.2. The molecule has 0 spiro atoms. The van der Waals surface area contributed by atoms with E-state index in [0.29, 0.717) is 5.69 Å². The fourth-order valence-corrected chi connectivity index (χ4v) is 5.87. The lowest BCUT2D eigenvalue weighted by atomic mass is 9.98. The summed E-state index contributed by atoms with van der Waals surface area (Å²) in [6, 6.07) is 2.33. The van der Waals surface area contributed by atoms with Crippen LogP contribution in [0, 0.1) is 5.82 Å². The van der Waals surface area contributed by atoms with Crippen molar-refractivity contribution in [3.05, 3.63) is 56.9 Å². The van der Waals surface area contributed by atoms with E-state index in [2.05, 4.69) is 5.32 Å². The van der Waals surface area contributed by atoms with Gasteiger partial charge in [0.2, 0.25) is 0 Å². The molecule has 2 amide bonds. The molecular weight excluding hydrogens is 443 g/mol. The summed E-state index contributed by atoms with van der Waals surface area (Å²) in [5.74, 6) is -1.01. The molecule has 31 heavy (non-hydrogen) atoms. The van der Waals surface area contributed by atoms with Crippen molar-refractivity contribution in [1.82, 2.24) is 4.72 Å². The number of aliphatic hydroxyl groups is 1. The number of anilines is 1. The van der Waals surface area contributed by atoms with Crippen molar-refractivity contribution in [2.45, 2.75) is 62.9 Å². The lowest BCUT2D eigenvalue weighted by Gasteiger charge is -2.20. The molecule has 6 nitrogen and oxygen atoms in total. The maximum Gasteiger partial charge on any atom is 0.333 e. The van der Waals surface area contributed by atoms with Crippen molar-refractivity contribution < 1.29 is 22.7 Å². The van der Waals surface area contributed by atoms with Crippen molar-refractivity contribution in [2.75, 3.05) is 5.32 Å². The average Bonchev–Trinajstić information content (AvgIpc) is 3.34. The number of fused-ring (bicyclic) bond motifs is 2. The molecule has 0 fully saturated rings. The fraction of sp³-hybridized carbons (Fsp3) is 0.409. The first kappa shape index (κ1) is 22.0. The molecule has 0 bridgehead atoms. The fourth-order valence-electron chi connectivity index (χ4n) is 4.44. The lowest BCUT2D eigenvalue weighted by molar-refractivity contribution is 0.0782. The largest absolute Gasteiger partial charge is 0.386 e. The molecule has 4 rings (SSSR count). The van der Waals surface area contributed by atoms with Crippen LogP contribution in [0.25, 0.3) is 0 Å². The number of amides is 2. The van der Waals surface area contributed by atoms with Crippen LogP contribution in [0.3, 0.4) is 0 Å². The number of sulfonamides is 1. The normalized spacial score (nSPS) is 15.5. The van der Waals surface area contributed by atoms with Gasteiger partial charge in [-0.3, -0.25) is 0 Å². The highest BCUT2D eigenvalue weighted by Gasteiger charge is 2.30. The van der Waals surface area contributed by atoms with Crippen molar-refractivity contribution >= 4 is 33.3 Å². The van der Waals surface area contributed by atoms with E-state index in [0.717, 1.165) is 77.9 Å². The van der Waals surface area contributed by atoms with Gasteiger partial charge in [-0.15, -0.1) is 0 Å². The van der Waals surface area contributed by atoms with Crippen LogP contribution in [0.2, 0.25) is 5.02 Å². The number of benzene rings is 2. The molecule has 166 valence electrons. The van der Waals surface area contributed by atoms with Gasteiger partial charge in [0, 0.05) is 10.7 Å². The Labute approximate surface area is 185 Å². The van der Waals surface area contributed by atoms with E-state index in [1.165, 1.54) is 19.9 Å². The Hall–Kier alpha value is -2.16. The Kier molecular flexibility index (Phi) is 5.52.